The van der Waals surface area contributed by atoms with Crippen LogP contribution >= 0.6 is 11.3 Å². The predicted molar refractivity (Wildman–Crippen MR) is 101 cm³/mol. The van der Waals surface area contributed by atoms with Crippen molar-refractivity contribution in [2.24, 2.45) is 5.92 Å². The van der Waals surface area contributed by atoms with E-state index in [9.17, 15) is 14.7 Å². The summed E-state index contributed by atoms with van der Waals surface area (Å²) in [5.74, 6) is -0.131. The van der Waals surface area contributed by atoms with E-state index in [0.29, 0.717) is 31.8 Å². The number of benzene rings is 1. The summed E-state index contributed by atoms with van der Waals surface area (Å²) in [6, 6.07) is 11.6. The third kappa shape index (κ3) is 2.84. The average molecular weight is 369 g/mol. The highest BCUT2D eigenvalue weighted by atomic mass is 32.1. The minimum Gasteiger partial charge on any atom is -0.481 e. The Morgan fingerprint density at radius 3 is 2.42 bits per heavy atom. The summed E-state index contributed by atoms with van der Waals surface area (Å²) >= 11 is 1.74. The first-order valence-corrected chi connectivity index (χ1v) is 10.0. The molecular formula is C21H23NO3S. The van der Waals surface area contributed by atoms with Crippen LogP contribution in [-0.2, 0) is 15.0 Å². The molecule has 1 amide bonds. The molecule has 0 bridgehead atoms. The van der Waals surface area contributed by atoms with Gasteiger partial charge in [0, 0.05) is 29.8 Å². The summed E-state index contributed by atoms with van der Waals surface area (Å²) in [5, 5.41) is 12.0. The van der Waals surface area contributed by atoms with Crippen molar-refractivity contribution < 1.29 is 14.7 Å². The van der Waals surface area contributed by atoms with Crippen molar-refractivity contribution in [3.63, 3.8) is 0 Å². The summed E-state index contributed by atoms with van der Waals surface area (Å²) in [4.78, 5) is 28.1. The highest BCUT2D eigenvalue weighted by Gasteiger charge is 2.49. The first kappa shape index (κ1) is 17.3. The number of hydrogen-bond donors (Lipinski definition) is 1. The fraction of sp³-hybridized carbons (Fsp3) is 0.429. The highest BCUT2D eigenvalue weighted by Crippen LogP contribution is 2.51. The molecule has 1 aliphatic heterocycles. The molecule has 2 aromatic rings. The lowest BCUT2D eigenvalue weighted by Crippen LogP contribution is -2.49. The molecule has 1 saturated heterocycles. The van der Waals surface area contributed by atoms with Crippen molar-refractivity contribution in [1.29, 1.82) is 0 Å². The van der Waals surface area contributed by atoms with Crippen LogP contribution in [0.5, 0.6) is 0 Å². The quantitative estimate of drug-likeness (QED) is 0.892. The maximum absolute atomic E-state index is 12.9. The van der Waals surface area contributed by atoms with Gasteiger partial charge in [-0.25, -0.2) is 0 Å². The Kier molecular flexibility index (Phi) is 4.35. The first-order chi connectivity index (χ1) is 12.5. The minimum absolute atomic E-state index is 0.0846. The number of carbonyl (C=O) groups is 2. The van der Waals surface area contributed by atoms with Crippen molar-refractivity contribution in [3.8, 4) is 0 Å². The van der Waals surface area contributed by atoms with Crippen LogP contribution in [0.3, 0.4) is 0 Å². The number of amides is 1. The van der Waals surface area contributed by atoms with Crippen molar-refractivity contribution in [2.45, 2.75) is 37.5 Å². The zero-order valence-electron chi connectivity index (χ0n) is 14.9. The van der Waals surface area contributed by atoms with Gasteiger partial charge in [-0.15, -0.1) is 11.3 Å². The third-order valence-electron chi connectivity index (χ3n) is 6.01. The second-order valence-electron chi connectivity index (χ2n) is 7.50. The molecule has 1 aliphatic carbocycles. The molecule has 2 atom stereocenters. The predicted octanol–water partition coefficient (Wildman–Crippen LogP) is 3.81. The molecule has 4 nitrogen and oxygen atoms in total. The smallest absolute Gasteiger partial charge is 0.314 e. The SMILES string of the molecule is Cc1ccsc1C1CC1C(=O)N1CCC(C(=O)O)(c2ccccc2)CC1. The summed E-state index contributed by atoms with van der Waals surface area (Å²) in [6.45, 7) is 3.15. The van der Waals surface area contributed by atoms with E-state index in [1.54, 1.807) is 11.3 Å². The lowest BCUT2D eigenvalue weighted by molar-refractivity contribution is -0.148. The van der Waals surface area contributed by atoms with Gasteiger partial charge in [0.25, 0.3) is 0 Å². The van der Waals surface area contributed by atoms with E-state index in [-0.39, 0.29) is 11.8 Å². The fourth-order valence-electron chi connectivity index (χ4n) is 4.25. The molecule has 0 spiro atoms. The van der Waals surface area contributed by atoms with Crippen LogP contribution in [0.4, 0.5) is 0 Å². The van der Waals surface area contributed by atoms with Gasteiger partial charge in [0.05, 0.1) is 5.41 Å². The standard InChI is InChI=1S/C21H23NO3S/c1-14-7-12-26-18(14)16-13-17(16)19(23)22-10-8-21(9-11-22,20(24)25)15-5-3-2-4-6-15/h2-7,12,16-17H,8-11,13H2,1H3,(H,24,25). The van der Waals surface area contributed by atoms with Crippen molar-refractivity contribution in [1.82, 2.24) is 4.90 Å². The minimum atomic E-state index is -0.870. The highest BCUT2D eigenvalue weighted by molar-refractivity contribution is 7.10. The van der Waals surface area contributed by atoms with Crippen LogP contribution in [0.15, 0.2) is 41.8 Å². The maximum Gasteiger partial charge on any atom is 0.314 e. The number of likely N-dealkylation sites (tertiary alicyclic amines) is 1. The van der Waals surface area contributed by atoms with Crippen LogP contribution in [0.1, 0.15) is 41.2 Å². The number of aliphatic carboxylic acids is 1. The number of rotatable bonds is 4. The summed E-state index contributed by atoms with van der Waals surface area (Å²) in [7, 11) is 0. The van der Waals surface area contributed by atoms with Gasteiger partial charge >= 0.3 is 5.97 Å². The summed E-state index contributed by atoms with van der Waals surface area (Å²) in [5.41, 5.74) is 1.26. The molecule has 1 N–H and O–H groups in total. The van der Waals surface area contributed by atoms with Gasteiger partial charge in [-0.05, 0) is 48.8 Å². The second-order valence-corrected chi connectivity index (χ2v) is 8.44. The van der Waals surface area contributed by atoms with E-state index in [0.717, 1.165) is 12.0 Å². The number of thiophene rings is 1. The molecule has 26 heavy (non-hydrogen) atoms. The lowest BCUT2D eigenvalue weighted by atomic mass is 9.73. The summed E-state index contributed by atoms with van der Waals surface area (Å²) < 4.78 is 0. The molecule has 1 aromatic heterocycles. The van der Waals surface area contributed by atoms with Crippen LogP contribution < -0.4 is 0 Å². The molecule has 2 aliphatic rings. The van der Waals surface area contributed by atoms with Crippen LogP contribution in [0.2, 0.25) is 0 Å². The largest absolute Gasteiger partial charge is 0.481 e. The van der Waals surface area contributed by atoms with E-state index in [4.69, 9.17) is 0 Å². The molecular weight excluding hydrogens is 346 g/mol. The molecule has 136 valence electrons. The van der Waals surface area contributed by atoms with Gasteiger partial charge in [0.2, 0.25) is 5.91 Å². The van der Waals surface area contributed by atoms with Crippen LogP contribution in [0.25, 0.3) is 0 Å². The topological polar surface area (TPSA) is 57.6 Å². The average Bonchev–Trinajstić information content (AvgIpc) is 3.35. The van der Waals surface area contributed by atoms with Gasteiger partial charge in [-0.3, -0.25) is 9.59 Å². The summed E-state index contributed by atoms with van der Waals surface area (Å²) in [6.07, 6.45) is 1.89. The van der Waals surface area contributed by atoms with Gasteiger partial charge < -0.3 is 10.0 Å². The normalized spacial score (nSPS) is 24.3. The molecule has 2 fully saturated rings. The zero-order chi connectivity index (χ0) is 18.3. The van der Waals surface area contributed by atoms with E-state index in [1.807, 2.05) is 35.2 Å². The van der Waals surface area contributed by atoms with Gasteiger partial charge in [0.1, 0.15) is 0 Å². The number of carbonyl (C=O) groups excluding carboxylic acids is 1. The van der Waals surface area contributed by atoms with Crippen LogP contribution in [-0.4, -0.2) is 35.0 Å². The Bertz CT molecular complexity index is 821. The van der Waals surface area contributed by atoms with Gasteiger partial charge in [0.15, 0.2) is 0 Å². The van der Waals surface area contributed by atoms with E-state index in [1.165, 1.54) is 10.4 Å². The van der Waals surface area contributed by atoms with Crippen molar-refractivity contribution in [2.75, 3.05) is 13.1 Å². The van der Waals surface area contributed by atoms with E-state index < -0.39 is 11.4 Å². The number of aryl methyl sites for hydroxylation is 1. The first-order valence-electron chi connectivity index (χ1n) is 9.14. The molecule has 0 radical (unpaired) electrons. The maximum atomic E-state index is 12.9. The molecule has 2 heterocycles. The molecule has 5 heteroatoms. The monoisotopic (exact) mass is 369 g/mol. The molecule has 1 saturated carbocycles. The Labute approximate surface area is 157 Å². The Balaban J connectivity index is 1.44. The zero-order valence-corrected chi connectivity index (χ0v) is 15.7. The molecule has 1 aromatic carbocycles. The third-order valence-corrected chi connectivity index (χ3v) is 7.16. The van der Waals surface area contributed by atoms with E-state index >= 15 is 0 Å². The lowest BCUT2D eigenvalue weighted by Gasteiger charge is -2.39. The van der Waals surface area contributed by atoms with Gasteiger partial charge in [-0.1, -0.05) is 30.3 Å². The fourth-order valence-corrected chi connectivity index (χ4v) is 5.36. The Hall–Kier alpha value is -2.14. The number of carboxylic acid groups (broad SMARTS) is 1. The Morgan fingerprint density at radius 2 is 1.85 bits per heavy atom. The van der Waals surface area contributed by atoms with Crippen LogP contribution in [0, 0.1) is 12.8 Å². The van der Waals surface area contributed by atoms with Crippen molar-refractivity contribution >= 4 is 23.2 Å². The van der Waals surface area contributed by atoms with Gasteiger partial charge in [-0.2, -0.15) is 0 Å². The van der Waals surface area contributed by atoms with E-state index in [2.05, 4.69) is 18.4 Å². The molecule has 4 rings (SSSR count). The number of hydrogen-bond acceptors (Lipinski definition) is 3. The second kappa shape index (κ2) is 6.54. The number of nitrogens with zero attached hydrogens (tertiary/aromatic N) is 1. The number of carboxylic acids is 1. The number of piperidine rings is 1. The van der Waals surface area contributed by atoms with Crippen molar-refractivity contribution in [3.05, 3.63) is 57.8 Å². The Morgan fingerprint density at radius 1 is 1.15 bits per heavy atom. The molecule has 2 unspecified atom stereocenters.